The minimum Gasteiger partial charge on any atom is -0.326 e. The van der Waals surface area contributed by atoms with Crippen LogP contribution in [0.3, 0.4) is 0 Å². The summed E-state index contributed by atoms with van der Waals surface area (Å²) in [5.41, 5.74) is 2.42. The molecule has 0 bridgehead atoms. The molecule has 0 aliphatic rings. The van der Waals surface area contributed by atoms with Gasteiger partial charge in [0.2, 0.25) is 5.91 Å². The summed E-state index contributed by atoms with van der Waals surface area (Å²) >= 11 is 0. The molecular weight excluding hydrogens is 296 g/mol. The van der Waals surface area contributed by atoms with Gasteiger partial charge in [-0.25, -0.2) is 0 Å². The SMILES string of the molecule is CC(=O)Nc1cccc(NC(=O)C(=O)c2c(C)nn(C)c2C)c1. The van der Waals surface area contributed by atoms with Gasteiger partial charge in [0.15, 0.2) is 0 Å². The molecule has 0 atom stereocenters. The van der Waals surface area contributed by atoms with Crippen LogP contribution in [0.2, 0.25) is 0 Å². The fraction of sp³-hybridized carbons (Fsp3) is 0.250. The summed E-state index contributed by atoms with van der Waals surface area (Å²) < 4.78 is 1.56. The predicted octanol–water partition coefficient (Wildman–Crippen LogP) is 1.82. The summed E-state index contributed by atoms with van der Waals surface area (Å²) in [5, 5.41) is 9.29. The molecule has 23 heavy (non-hydrogen) atoms. The minimum atomic E-state index is -0.746. The van der Waals surface area contributed by atoms with Gasteiger partial charge in [-0.1, -0.05) is 6.07 Å². The van der Waals surface area contributed by atoms with E-state index in [1.807, 2.05) is 0 Å². The molecule has 7 nitrogen and oxygen atoms in total. The van der Waals surface area contributed by atoms with Crippen LogP contribution >= 0.6 is 0 Å². The summed E-state index contributed by atoms with van der Waals surface area (Å²) in [5.74, 6) is -1.60. The summed E-state index contributed by atoms with van der Waals surface area (Å²) in [6, 6.07) is 6.58. The number of aryl methyl sites for hydroxylation is 2. The zero-order valence-electron chi connectivity index (χ0n) is 13.4. The number of nitrogens with zero attached hydrogens (tertiary/aromatic N) is 2. The molecule has 2 N–H and O–H groups in total. The Balaban J connectivity index is 2.18. The van der Waals surface area contributed by atoms with E-state index in [4.69, 9.17) is 0 Å². The van der Waals surface area contributed by atoms with Crippen molar-refractivity contribution in [2.24, 2.45) is 7.05 Å². The standard InChI is InChI=1S/C16H18N4O3/c1-9-14(10(2)20(4)19-9)15(22)16(23)18-13-7-5-6-12(8-13)17-11(3)21/h5-8H,1-4H3,(H,17,21)(H,18,23). The average Bonchev–Trinajstić information content (AvgIpc) is 2.71. The molecule has 0 fully saturated rings. The molecule has 0 unspecified atom stereocenters. The van der Waals surface area contributed by atoms with E-state index in [1.54, 1.807) is 49.8 Å². The van der Waals surface area contributed by atoms with Crippen LogP contribution in [-0.4, -0.2) is 27.4 Å². The lowest BCUT2D eigenvalue weighted by molar-refractivity contribution is -0.114. The Morgan fingerprint density at radius 3 is 2.22 bits per heavy atom. The van der Waals surface area contributed by atoms with Crippen molar-refractivity contribution in [1.29, 1.82) is 0 Å². The minimum absolute atomic E-state index is 0.217. The normalized spacial score (nSPS) is 10.3. The number of amides is 2. The quantitative estimate of drug-likeness (QED) is 0.665. The lowest BCUT2D eigenvalue weighted by Gasteiger charge is -2.07. The van der Waals surface area contributed by atoms with Gasteiger partial charge >= 0.3 is 0 Å². The van der Waals surface area contributed by atoms with E-state index in [-0.39, 0.29) is 5.91 Å². The Labute approximate surface area is 133 Å². The van der Waals surface area contributed by atoms with Gasteiger partial charge in [0.25, 0.3) is 11.7 Å². The van der Waals surface area contributed by atoms with Crippen LogP contribution in [0.25, 0.3) is 0 Å². The molecule has 0 saturated heterocycles. The third kappa shape index (κ3) is 3.63. The highest BCUT2D eigenvalue weighted by Gasteiger charge is 2.23. The maximum Gasteiger partial charge on any atom is 0.296 e. The van der Waals surface area contributed by atoms with Crippen molar-refractivity contribution in [3.63, 3.8) is 0 Å². The topological polar surface area (TPSA) is 93.1 Å². The highest BCUT2D eigenvalue weighted by Crippen LogP contribution is 2.17. The van der Waals surface area contributed by atoms with Crippen LogP contribution in [0.5, 0.6) is 0 Å². The first-order chi connectivity index (χ1) is 10.8. The van der Waals surface area contributed by atoms with Crippen LogP contribution in [-0.2, 0) is 16.6 Å². The van der Waals surface area contributed by atoms with Crippen molar-refractivity contribution in [2.75, 3.05) is 10.6 Å². The number of hydrogen-bond acceptors (Lipinski definition) is 4. The lowest BCUT2D eigenvalue weighted by atomic mass is 10.1. The Morgan fingerprint density at radius 2 is 1.70 bits per heavy atom. The number of anilines is 2. The Hall–Kier alpha value is -2.96. The molecule has 2 rings (SSSR count). The molecule has 1 aromatic carbocycles. The molecule has 2 amide bonds. The average molecular weight is 314 g/mol. The number of hydrogen-bond donors (Lipinski definition) is 2. The zero-order valence-corrected chi connectivity index (χ0v) is 13.4. The second-order valence-corrected chi connectivity index (χ2v) is 5.21. The monoisotopic (exact) mass is 314 g/mol. The van der Waals surface area contributed by atoms with E-state index in [2.05, 4.69) is 15.7 Å². The highest BCUT2D eigenvalue weighted by molar-refractivity contribution is 6.47. The smallest absolute Gasteiger partial charge is 0.296 e. The Kier molecular flexibility index (Phi) is 4.59. The third-order valence-electron chi connectivity index (χ3n) is 3.38. The zero-order chi connectivity index (χ0) is 17.1. The van der Waals surface area contributed by atoms with Crippen LogP contribution in [0, 0.1) is 13.8 Å². The van der Waals surface area contributed by atoms with E-state index >= 15 is 0 Å². The second-order valence-electron chi connectivity index (χ2n) is 5.21. The van der Waals surface area contributed by atoms with Crippen molar-refractivity contribution >= 4 is 29.0 Å². The molecular formula is C16H18N4O3. The summed E-state index contributed by atoms with van der Waals surface area (Å²) in [7, 11) is 1.72. The van der Waals surface area contributed by atoms with Gasteiger partial charge in [-0.05, 0) is 32.0 Å². The lowest BCUT2D eigenvalue weighted by Crippen LogP contribution is -2.24. The number of rotatable bonds is 4. The number of carbonyl (C=O) groups is 3. The van der Waals surface area contributed by atoms with E-state index in [1.165, 1.54) is 6.92 Å². The number of benzene rings is 1. The number of aromatic nitrogens is 2. The molecule has 0 spiro atoms. The van der Waals surface area contributed by atoms with E-state index in [9.17, 15) is 14.4 Å². The van der Waals surface area contributed by atoms with Gasteiger partial charge in [0.1, 0.15) is 0 Å². The number of Topliss-reactive ketones (excluding diaryl/α,β-unsaturated/α-hetero) is 1. The first-order valence-corrected chi connectivity index (χ1v) is 7.03. The van der Waals surface area contributed by atoms with Crippen LogP contribution in [0.1, 0.15) is 28.7 Å². The molecule has 1 heterocycles. The Bertz CT molecular complexity index is 793. The maximum absolute atomic E-state index is 12.3. The molecule has 1 aromatic heterocycles. The van der Waals surface area contributed by atoms with Crippen molar-refractivity contribution < 1.29 is 14.4 Å². The van der Waals surface area contributed by atoms with Crippen molar-refractivity contribution in [2.45, 2.75) is 20.8 Å². The third-order valence-corrected chi connectivity index (χ3v) is 3.38. The summed E-state index contributed by atoms with van der Waals surface area (Å²) in [4.78, 5) is 35.6. The van der Waals surface area contributed by atoms with Gasteiger partial charge < -0.3 is 10.6 Å². The van der Waals surface area contributed by atoms with Crippen molar-refractivity contribution in [1.82, 2.24) is 9.78 Å². The van der Waals surface area contributed by atoms with Gasteiger partial charge in [-0.15, -0.1) is 0 Å². The fourth-order valence-electron chi connectivity index (χ4n) is 2.28. The van der Waals surface area contributed by atoms with Gasteiger partial charge in [-0.3, -0.25) is 19.1 Å². The fourth-order valence-corrected chi connectivity index (χ4v) is 2.28. The van der Waals surface area contributed by atoms with Gasteiger partial charge in [0, 0.05) is 31.0 Å². The van der Waals surface area contributed by atoms with E-state index in [0.717, 1.165) is 0 Å². The molecule has 0 aliphatic heterocycles. The van der Waals surface area contributed by atoms with E-state index in [0.29, 0.717) is 28.3 Å². The first kappa shape index (κ1) is 16.4. The number of carbonyl (C=O) groups excluding carboxylic acids is 3. The summed E-state index contributed by atoms with van der Waals surface area (Å²) in [6.45, 7) is 4.81. The predicted molar refractivity (Wildman–Crippen MR) is 86.4 cm³/mol. The summed E-state index contributed by atoms with van der Waals surface area (Å²) in [6.07, 6.45) is 0. The van der Waals surface area contributed by atoms with Crippen LogP contribution in [0.4, 0.5) is 11.4 Å². The molecule has 120 valence electrons. The molecule has 2 aromatic rings. The highest BCUT2D eigenvalue weighted by atomic mass is 16.2. The second kappa shape index (κ2) is 6.43. The van der Waals surface area contributed by atoms with Crippen LogP contribution in [0.15, 0.2) is 24.3 Å². The number of nitrogens with one attached hydrogen (secondary N) is 2. The molecule has 0 aliphatic carbocycles. The van der Waals surface area contributed by atoms with Crippen molar-refractivity contribution in [3.8, 4) is 0 Å². The van der Waals surface area contributed by atoms with Gasteiger partial charge in [-0.2, -0.15) is 5.10 Å². The molecule has 7 heteroatoms. The van der Waals surface area contributed by atoms with Crippen molar-refractivity contribution in [3.05, 3.63) is 41.2 Å². The molecule has 0 radical (unpaired) electrons. The maximum atomic E-state index is 12.3. The van der Waals surface area contributed by atoms with Crippen LogP contribution < -0.4 is 10.6 Å². The largest absolute Gasteiger partial charge is 0.326 e. The Morgan fingerprint density at radius 1 is 1.09 bits per heavy atom. The molecule has 0 saturated carbocycles. The number of ketones is 1. The first-order valence-electron chi connectivity index (χ1n) is 7.03. The van der Waals surface area contributed by atoms with Gasteiger partial charge in [0.05, 0.1) is 11.3 Å². The van der Waals surface area contributed by atoms with E-state index < -0.39 is 11.7 Å².